The molecule has 2 aliphatic rings. The molecule has 1 amide bonds. The summed E-state index contributed by atoms with van der Waals surface area (Å²) < 4.78 is 10.2. The average molecular weight is 404 g/mol. The maximum absolute atomic E-state index is 12.7. The van der Waals surface area contributed by atoms with E-state index in [1.54, 1.807) is 23.9 Å². The van der Waals surface area contributed by atoms with Gasteiger partial charge in [-0.25, -0.2) is 4.79 Å². The highest BCUT2D eigenvalue weighted by Gasteiger charge is 2.31. The van der Waals surface area contributed by atoms with Crippen molar-refractivity contribution in [1.82, 2.24) is 14.8 Å². The first-order valence-electron chi connectivity index (χ1n) is 9.58. The number of hydrogen-bond acceptors (Lipinski definition) is 6. The zero-order chi connectivity index (χ0) is 19.5. The van der Waals surface area contributed by atoms with Gasteiger partial charge in [0, 0.05) is 61.0 Å². The number of fused-ring (bicyclic) bond motifs is 1. The largest absolute Gasteiger partial charge is 0.465 e. The average Bonchev–Trinajstić information content (AvgIpc) is 3.16. The molecule has 1 aromatic carbocycles. The second-order valence-electron chi connectivity index (χ2n) is 7.01. The van der Waals surface area contributed by atoms with Crippen molar-refractivity contribution in [3.8, 4) is 0 Å². The van der Waals surface area contributed by atoms with Crippen molar-refractivity contribution in [2.75, 3.05) is 52.3 Å². The van der Waals surface area contributed by atoms with E-state index in [4.69, 9.17) is 9.47 Å². The van der Waals surface area contributed by atoms with Gasteiger partial charge in [0.2, 0.25) is 5.91 Å². The molecule has 3 heterocycles. The number of carbonyl (C=O) groups is 2. The van der Waals surface area contributed by atoms with E-state index in [1.807, 2.05) is 17.2 Å². The fourth-order valence-corrected chi connectivity index (χ4v) is 5.09. The van der Waals surface area contributed by atoms with Crippen molar-refractivity contribution in [2.45, 2.75) is 11.8 Å². The fraction of sp³-hybridized carbons (Fsp3) is 0.500. The maximum atomic E-state index is 12.7. The lowest BCUT2D eigenvalue weighted by atomic mass is 10.1. The van der Waals surface area contributed by atoms with E-state index >= 15 is 0 Å². The molecule has 0 aliphatic carbocycles. The molecule has 1 atom stereocenters. The molecule has 7 nitrogen and oxygen atoms in total. The van der Waals surface area contributed by atoms with Crippen LogP contribution in [0.5, 0.6) is 0 Å². The lowest BCUT2D eigenvalue weighted by Gasteiger charge is -2.37. The third-order valence-corrected chi connectivity index (χ3v) is 6.62. The zero-order valence-electron chi connectivity index (χ0n) is 16.0. The highest BCUT2D eigenvalue weighted by Crippen LogP contribution is 2.40. The maximum Gasteiger partial charge on any atom is 0.337 e. The Morgan fingerprint density at radius 1 is 1.32 bits per heavy atom. The highest BCUT2D eigenvalue weighted by molar-refractivity contribution is 7.99. The van der Waals surface area contributed by atoms with E-state index in [-0.39, 0.29) is 17.3 Å². The first-order valence-corrected chi connectivity index (χ1v) is 10.6. The number of esters is 1. The predicted molar refractivity (Wildman–Crippen MR) is 108 cm³/mol. The molecule has 0 saturated carbocycles. The highest BCUT2D eigenvalue weighted by atomic mass is 32.2. The van der Waals surface area contributed by atoms with Crippen molar-refractivity contribution >= 4 is 34.5 Å². The van der Waals surface area contributed by atoms with Crippen LogP contribution in [0.25, 0.3) is 10.9 Å². The summed E-state index contributed by atoms with van der Waals surface area (Å²) in [5, 5.41) is 1.02. The number of carbonyl (C=O) groups excluding carboxylic acids is 2. The number of methoxy groups -OCH3 is 1. The molecule has 2 saturated heterocycles. The van der Waals surface area contributed by atoms with Crippen LogP contribution in [0.3, 0.4) is 0 Å². The number of hydrogen-bond donors (Lipinski definition) is 1. The number of aromatic amines is 1. The quantitative estimate of drug-likeness (QED) is 0.772. The van der Waals surface area contributed by atoms with Gasteiger partial charge in [-0.15, -0.1) is 11.8 Å². The van der Waals surface area contributed by atoms with E-state index in [1.165, 1.54) is 7.11 Å². The summed E-state index contributed by atoms with van der Waals surface area (Å²) in [4.78, 5) is 32.1. The van der Waals surface area contributed by atoms with Crippen LogP contribution in [0, 0.1) is 0 Å². The van der Waals surface area contributed by atoms with Crippen LogP contribution in [0.2, 0.25) is 0 Å². The Kier molecular flexibility index (Phi) is 5.89. The fourth-order valence-electron chi connectivity index (χ4n) is 3.79. The standard InChI is InChI=1S/C20H25N3O4S/c1-26-20(25)14-2-3-15-16(13-21-17(15)12-14)19-23(18(24)4-11-28-19)6-5-22-7-9-27-10-8-22/h2-3,12-13,19,21H,4-11H2,1H3. The molecule has 8 heteroatoms. The number of rotatable bonds is 5. The predicted octanol–water partition coefficient (Wildman–Crippen LogP) is 2.25. The smallest absolute Gasteiger partial charge is 0.337 e. The lowest BCUT2D eigenvalue weighted by Crippen LogP contribution is -2.45. The van der Waals surface area contributed by atoms with E-state index in [0.717, 1.165) is 55.1 Å². The van der Waals surface area contributed by atoms with Gasteiger partial charge in [0.15, 0.2) is 0 Å². The van der Waals surface area contributed by atoms with Gasteiger partial charge in [-0.2, -0.15) is 0 Å². The van der Waals surface area contributed by atoms with Crippen molar-refractivity contribution in [3.05, 3.63) is 35.5 Å². The third kappa shape index (κ3) is 3.90. The Morgan fingerprint density at radius 3 is 2.93 bits per heavy atom. The second kappa shape index (κ2) is 8.55. The number of nitrogens with one attached hydrogen (secondary N) is 1. The summed E-state index contributed by atoms with van der Waals surface area (Å²) in [7, 11) is 1.38. The normalized spacial score (nSPS) is 21.2. The van der Waals surface area contributed by atoms with Crippen molar-refractivity contribution in [2.24, 2.45) is 0 Å². The van der Waals surface area contributed by atoms with Gasteiger partial charge >= 0.3 is 5.97 Å². The van der Waals surface area contributed by atoms with Crippen molar-refractivity contribution < 1.29 is 19.1 Å². The Bertz CT molecular complexity index is 862. The second-order valence-corrected chi connectivity index (χ2v) is 8.20. The first kappa shape index (κ1) is 19.3. The summed E-state index contributed by atoms with van der Waals surface area (Å²) in [6.07, 6.45) is 2.54. The summed E-state index contributed by atoms with van der Waals surface area (Å²) in [5.41, 5.74) is 2.48. The Balaban J connectivity index is 1.56. The van der Waals surface area contributed by atoms with Gasteiger partial charge in [0.25, 0.3) is 0 Å². The minimum atomic E-state index is -0.354. The molecule has 28 heavy (non-hydrogen) atoms. The molecule has 2 aromatic rings. The van der Waals surface area contributed by atoms with Gasteiger partial charge in [0.05, 0.1) is 25.9 Å². The van der Waals surface area contributed by atoms with E-state index in [9.17, 15) is 9.59 Å². The number of morpholine rings is 1. The number of ether oxygens (including phenoxy) is 2. The number of thioether (sulfide) groups is 1. The molecular formula is C20H25N3O4S. The number of benzene rings is 1. The van der Waals surface area contributed by atoms with Crippen LogP contribution < -0.4 is 0 Å². The van der Waals surface area contributed by atoms with Gasteiger partial charge < -0.3 is 19.4 Å². The van der Waals surface area contributed by atoms with Gasteiger partial charge in [0.1, 0.15) is 5.37 Å². The monoisotopic (exact) mass is 403 g/mol. The molecule has 4 rings (SSSR count). The van der Waals surface area contributed by atoms with Gasteiger partial charge in [-0.3, -0.25) is 9.69 Å². The van der Waals surface area contributed by atoms with Crippen LogP contribution in [-0.2, 0) is 14.3 Å². The van der Waals surface area contributed by atoms with E-state index in [0.29, 0.717) is 18.5 Å². The first-order chi connectivity index (χ1) is 13.7. The minimum absolute atomic E-state index is 0.0139. The number of nitrogens with zero attached hydrogens (tertiary/aromatic N) is 2. The summed E-state index contributed by atoms with van der Waals surface area (Å²) in [6.45, 7) is 4.94. The van der Waals surface area contributed by atoms with Crippen LogP contribution in [-0.4, -0.2) is 78.9 Å². The van der Waals surface area contributed by atoms with Crippen LogP contribution >= 0.6 is 11.8 Å². The molecule has 0 bridgehead atoms. The SMILES string of the molecule is COC(=O)c1ccc2c(C3SCCC(=O)N3CCN3CCOCC3)c[nH]c2c1. The van der Waals surface area contributed by atoms with Crippen LogP contribution in [0.15, 0.2) is 24.4 Å². The minimum Gasteiger partial charge on any atom is -0.465 e. The summed E-state index contributed by atoms with van der Waals surface area (Å²) in [5.74, 6) is 0.676. The van der Waals surface area contributed by atoms with Crippen molar-refractivity contribution in [3.63, 3.8) is 0 Å². The molecule has 1 unspecified atom stereocenters. The Hall–Kier alpha value is -2.03. The van der Waals surface area contributed by atoms with Gasteiger partial charge in [-0.05, 0) is 12.1 Å². The number of H-pyrrole nitrogens is 1. The molecular weight excluding hydrogens is 378 g/mol. The van der Waals surface area contributed by atoms with Crippen LogP contribution in [0.4, 0.5) is 0 Å². The topological polar surface area (TPSA) is 74.9 Å². The molecule has 1 N–H and O–H groups in total. The Labute approximate surface area is 168 Å². The molecule has 2 aliphatic heterocycles. The zero-order valence-corrected chi connectivity index (χ0v) is 16.8. The lowest BCUT2D eigenvalue weighted by molar-refractivity contribution is -0.132. The van der Waals surface area contributed by atoms with E-state index < -0.39 is 0 Å². The molecule has 0 spiro atoms. The molecule has 1 aromatic heterocycles. The molecule has 150 valence electrons. The van der Waals surface area contributed by atoms with Crippen LogP contribution in [0.1, 0.15) is 27.7 Å². The Morgan fingerprint density at radius 2 is 2.14 bits per heavy atom. The van der Waals surface area contributed by atoms with E-state index in [2.05, 4.69) is 9.88 Å². The summed E-state index contributed by atoms with van der Waals surface area (Å²) in [6, 6.07) is 5.52. The number of aromatic nitrogens is 1. The number of amides is 1. The summed E-state index contributed by atoms with van der Waals surface area (Å²) >= 11 is 1.80. The van der Waals surface area contributed by atoms with Crippen molar-refractivity contribution in [1.29, 1.82) is 0 Å². The van der Waals surface area contributed by atoms with Gasteiger partial charge in [-0.1, -0.05) is 6.07 Å². The molecule has 2 fully saturated rings. The third-order valence-electron chi connectivity index (χ3n) is 5.36. The molecule has 0 radical (unpaired) electrons.